The van der Waals surface area contributed by atoms with Crippen LogP contribution in [-0.2, 0) is 12.2 Å². The predicted molar refractivity (Wildman–Crippen MR) is 130 cm³/mol. The zero-order valence-electron chi connectivity index (χ0n) is 17.4. The SMILES string of the molecule is COc1ccc(Cc2nc(SCc3ccc(I)cc3)[nH]c(=O)c2N(C)C)cc1OC. The van der Waals surface area contributed by atoms with Gasteiger partial charge in [-0.2, -0.15) is 0 Å². The summed E-state index contributed by atoms with van der Waals surface area (Å²) in [5.41, 5.74) is 3.31. The minimum absolute atomic E-state index is 0.143. The van der Waals surface area contributed by atoms with Crippen LogP contribution in [0.2, 0.25) is 0 Å². The fourth-order valence-electron chi connectivity index (χ4n) is 3.06. The van der Waals surface area contributed by atoms with Crippen LogP contribution in [-0.4, -0.2) is 38.3 Å². The number of aromatic amines is 1. The van der Waals surface area contributed by atoms with Crippen LogP contribution in [0.3, 0.4) is 0 Å². The molecule has 3 rings (SSSR count). The van der Waals surface area contributed by atoms with E-state index < -0.39 is 0 Å². The van der Waals surface area contributed by atoms with E-state index in [9.17, 15) is 4.79 Å². The summed E-state index contributed by atoms with van der Waals surface area (Å²) in [7, 11) is 6.92. The van der Waals surface area contributed by atoms with E-state index in [0.717, 1.165) is 17.0 Å². The van der Waals surface area contributed by atoms with Gasteiger partial charge in [-0.15, -0.1) is 0 Å². The topological polar surface area (TPSA) is 67.5 Å². The van der Waals surface area contributed by atoms with Crippen molar-refractivity contribution in [2.75, 3.05) is 33.2 Å². The molecule has 0 spiro atoms. The van der Waals surface area contributed by atoms with Crippen molar-refractivity contribution >= 4 is 40.0 Å². The molecule has 0 bridgehead atoms. The second-order valence-corrected chi connectivity index (χ2v) is 9.05. The number of ether oxygens (including phenoxy) is 2. The number of aromatic nitrogens is 2. The van der Waals surface area contributed by atoms with Crippen LogP contribution in [0.5, 0.6) is 11.5 Å². The minimum Gasteiger partial charge on any atom is -0.493 e. The Bertz CT molecular complexity index is 1070. The number of hydrogen-bond acceptors (Lipinski definition) is 6. The fraction of sp³-hybridized carbons (Fsp3) is 0.273. The number of rotatable bonds is 8. The average Bonchev–Trinajstić information content (AvgIpc) is 2.72. The van der Waals surface area contributed by atoms with Crippen molar-refractivity contribution in [3.05, 3.63) is 73.2 Å². The number of nitrogens with one attached hydrogen (secondary N) is 1. The van der Waals surface area contributed by atoms with Crippen molar-refractivity contribution in [3.63, 3.8) is 0 Å². The number of methoxy groups -OCH3 is 2. The summed E-state index contributed by atoms with van der Waals surface area (Å²) in [6.45, 7) is 0. The van der Waals surface area contributed by atoms with Gasteiger partial charge in [-0.1, -0.05) is 30.0 Å². The van der Waals surface area contributed by atoms with Crippen LogP contribution in [0.15, 0.2) is 52.4 Å². The lowest BCUT2D eigenvalue weighted by atomic mass is 10.1. The molecule has 0 atom stereocenters. The van der Waals surface area contributed by atoms with Gasteiger partial charge in [0.15, 0.2) is 16.7 Å². The van der Waals surface area contributed by atoms with E-state index in [1.807, 2.05) is 32.3 Å². The van der Waals surface area contributed by atoms with E-state index >= 15 is 0 Å². The van der Waals surface area contributed by atoms with Gasteiger partial charge in [0.05, 0.1) is 19.9 Å². The molecule has 0 unspecified atom stereocenters. The van der Waals surface area contributed by atoms with E-state index in [1.54, 1.807) is 19.1 Å². The van der Waals surface area contributed by atoms with Crippen molar-refractivity contribution in [2.24, 2.45) is 0 Å². The molecule has 6 nitrogen and oxygen atoms in total. The van der Waals surface area contributed by atoms with Crippen LogP contribution in [0.1, 0.15) is 16.8 Å². The Labute approximate surface area is 194 Å². The smallest absolute Gasteiger partial charge is 0.275 e. The number of anilines is 1. The third-order valence-corrected chi connectivity index (χ3v) is 6.16. The molecule has 0 radical (unpaired) electrons. The van der Waals surface area contributed by atoms with Crippen molar-refractivity contribution < 1.29 is 9.47 Å². The van der Waals surface area contributed by atoms with Gasteiger partial charge < -0.3 is 14.4 Å². The Morgan fingerprint density at radius 3 is 2.33 bits per heavy atom. The number of nitrogens with zero attached hydrogens (tertiary/aromatic N) is 2. The Morgan fingerprint density at radius 1 is 1.03 bits per heavy atom. The lowest BCUT2D eigenvalue weighted by molar-refractivity contribution is 0.354. The van der Waals surface area contributed by atoms with Gasteiger partial charge in [-0.05, 0) is 58.0 Å². The highest BCUT2D eigenvalue weighted by Gasteiger charge is 2.16. The Hall–Kier alpha value is -2.20. The zero-order valence-corrected chi connectivity index (χ0v) is 20.3. The first-order valence-corrected chi connectivity index (χ1v) is 11.4. The van der Waals surface area contributed by atoms with Gasteiger partial charge in [-0.25, -0.2) is 4.98 Å². The number of halogens is 1. The second-order valence-electron chi connectivity index (χ2n) is 6.84. The van der Waals surface area contributed by atoms with Crippen molar-refractivity contribution in [2.45, 2.75) is 17.3 Å². The molecular formula is C22H24IN3O3S. The monoisotopic (exact) mass is 537 g/mol. The molecule has 0 saturated heterocycles. The zero-order chi connectivity index (χ0) is 21.7. The minimum atomic E-state index is -0.143. The van der Waals surface area contributed by atoms with Gasteiger partial charge >= 0.3 is 0 Å². The highest BCUT2D eigenvalue weighted by atomic mass is 127. The molecule has 30 heavy (non-hydrogen) atoms. The first-order valence-electron chi connectivity index (χ1n) is 9.30. The molecule has 0 aliphatic heterocycles. The maximum Gasteiger partial charge on any atom is 0.275 e. The summed E-state index contributed by atoms with van der Waals surface area (Å²) in [5, 5.41) is 0.611. The molecule has 158 valence electrons. The average molecular weight is 537 g/mol. The summed E-state index contributed by atoms with van der Waals surface area (Å²) in [6.07, 6.45) is 0.509. The molecule has 8 heteroatoms. The largest absolute Gasteiger partial charge is 0.493 e. The van der Waals surface area contributed by atoms with Gasteiger partial charge in [0, 0.05) is 29.8 Å². The first kappa shape index (κ1) is 22.5. The van der Waals surface area contributed by atoms with Crippen LogP contribution >= 0.6 is 34.4 Å². The molecule has 3 aromatic rings. The molecule has 2 aromatic carbocycles. The van der Waals surface area contributed by atoms with Crippen LogP contribution in [0.4, 0.5) is 5.69 Å². The Balaban J connectivity index is 1.90. The lowest BCUT2D eigenvalue weighted by Crippen LogP contribution is -2.24. The standard InChI is InChI=1S/C22H24IN3O3S/c1-26(2)20-17(11-15-7-10-18(28-3)19(12-15)29-4)24-22(25-21(20)27)30-13-14-5-8-16(23)9-6-14/h5-10,12H,11,13H2,1-4H3,(H,24,25,27). The molecular weight excluding hydrogens is 513 g/mol. The summed E-state index contributed by atoms with van der Waals surface area (Å²) in [6, 6.07) is 14.1. The van der Waals surface area contributed by atoms with Crippen LogP contribution in [0, 0.1) is 3.57 Å². The number of thioether (sulfide) groups is 1. The van der Waals surface area contributed by atoms with Gasteiger partial charge in [0.25, 0.3) is 5.56 Å². The van der Waals surface area contributed by atoms with E-state index in [2.05, 4.69) is 51.8 Å². The number of benzene rings is 2. The summed E-state index contributed by atoms with van der Waals surface area (Å²) in [5.74, 6) is 2.05. The predicted octanol–water partition coefficient (Wildman–Crippen LogP) is 4.34. The quantitative estimate of drug-likeness (QED) is 0.262. The van der Waals surface area contributed by atoms with E-state index in [-0.39, 0.29) is 5.56 Å². The number of H-pyrrole nitrogens is 1. The van der Waals surface area contributed by atoms with E-state index in [1.165, 1.54) is 20.9 Å². The highest BCUT2D eigenvalue weighted by molar-refractivity contribution is 14.1. The molecule has 0 amide bonds. The molecule has 1 heterocycles. The maximum absolute atomic E-state index is 12.8. The summed E-state index contributed by atoms with van der Waals surface area (Å²) in [4.78, 5) is 22.3. The molecule has 0 aliphatic carbocycles. The van der Waals surface area contributed by atoms with Crippen LogP contribution < -0.4 is 19.9 Å². The molecule has 0 saturated carbocycles. The Morgan fingerprint density at radius 2 is 1.70 bits per heavy atom. The van der Waals surface area contributed by atoms with E-state index in [4.69, 9.17) is 14.5 Å². The van der Waals surface area contributed by atoms with Crippen molar-refractivity contribution in [1.82, 2.24) is 9.97 Å². The number of hydrogen-bond donors (Lipinski definition) is 1. The van der Waals surface area contributed by atoms with Crippen molar-refractivity contribution in [1.29, 1.82) is 0 Å². The van der Waals surface area contributed by atoms with E-state index in [0.29, 0.717) is 28.8 Å². The molecule has 1 aromatic heterocycles. The third-order valence-electron chi connectivity index (χ3n) is 4.50. The second kappa shape index (κ2) is 10.2. The molecule has 0 aliphatic rings. The van der Waals surface area contributed by atoms with Gasteiger partial charge in [0.2, 0.25) is 0 Å². The van der Waals surface area contributed by atoms with Crippen LogP contribution in [0.25, 0.3) is 0 Å². The normalized spacial score (nSPS) is 10.7. The highest BCUT2D eigenvalue weighted by Crippen LogP contribution is 2.29. The summed E-state index contributed by atoms with van der Waals surface area (Å²) >= 11 is 3.81. The first-order chi connectivity index (χ1) is 14.4. The molecule has 0 fully saturated rings. The Kier molecular flexibility index (Phi) is 7.65. The molecule has 1 N–H and O–H groups in total. The van der Waals surface area contributed by atoms with Gasteiger partial charge in [-0.3, -0.25) is 9.78 Å². The maximum atomic E-state index is 12.8. The summed E-state index contributed by atoms with van der Waals surface area (Å²) < 4.78 is 11.9. The lowest BCUT2D eigenvalue weighted by Gasteiger charge is -2.17. The fourth-order valence-corrected chi connectivity index (χ4v) is 4.25. The van der Waals surface area contributed by atoms with Gasteiger partial charge in [0.1, 0.15) is 5.69 Å². The van der Waals surface area contributed by atoms with Crippen molar-refractivity contribution in [3.8, 4) is 11.5 Å². The third kappa shape index (κ3) is 5.48.